The maximum absolute atomic E-state index is 4.93. The number of benzene rings is 2. The summed E-state index contributed by atoms with van der Waals surface area (Å²) < 4.78 is 1.08. The van der Waals surface area contributed by atoms with Crippen molar-refractivity contribution in [3.05, 3.63) is 94.1 Å². The molecule has 1 aliphatic heterocycles. The summed E-state index contributed by atoms with van der Waals surface area (Å²) in [5, 5.41) is 2.66. The molecule has 1 nitrogen and oxygen atoms in total. The maximum atomic E-state index is 4.93. The number of hydrogen-bond donors (Lipinski definition) is 0. The van der Waals surface area contributed by atoms with Gasteiger partial charge in [-0.15, -0.1) is 62.8 Å². The van der Waals surface area contributed by atoms with Gasteiger partial charge < -0.3 is 13.5 Å². The second kappa shape index (κ2) is 11.5. The van der Waals surface area contributed by atoms with Crippen LogP contribution < -0.4 is 0 Å². The van der Waals surface area contributed by atoms with Gasteiger partial charge in [-0.2, -0.15) is 35.7 Å². The Balaban J connectivity index is 0.000000175. The largest absolute Gasteiger partial charge is 0.813 e. The number of thiol groups is 1. The van der Waals surface area contributed by atoms with Gasteiger partial charge in [-0.05, 0) is 11.6 Å². The Hall–Kier alpha value is -0.507. The Bertz CT molecular complexity index is 951. The predicted molar refractivity (Wildman–Crippen MR) is 121 cm³/mol. The second-order valence-corrected chi connectivity index (χ2v) is 10.3. The third kappa shape index (κ3) is 5.98. The molecule has 27 heavy (non-hydrogen) atoms. The molecule has 6 heteroatoms. The molecule has 0 saturated heterocycles. The van der Waals surface area contributed by atoms with E-state index in [0.717, 1.165) is 4.47 Å². The van der Waals surface area contributed by atoms with Gasteiger partial charge in [0, 0.05) is 18.3 Å². The molecule has 3 aromatic rings. The Morgan fingerprint density at radius 2 is 1.96 bits per heavy atom. The molecule has 3 aromatic carbocycles. The van der Waals surface area contributed by atoms with Crippen LogP contribution in [0.1, 0.15) is 17.0 Å². The van der Waals surface area contributed by atoms with Gasteiger partial charge in [-0.1, -0.05) is 10.5 Å². The summed E-state index contributed by atoms with van der Waals surface area (Å²) in [6, 6.07) is 22.0. The van der Waals surface area contributed by atoms with E-state index in [9.17, 15) is 0 Å². The zero-order valence-corrected chi connectivity index (χ0v) is 20.6. The van der Waals surface area contributed by atoms with E-state index in [2.05, 4.69) is 87.7 Å². The number of fused-ring (bicyclic) bond motifs is 4. The van der Waals surface area contributed by atoms with Crippen molar-refractivity contribution in [1.29, 1.82) is 0 Å². The quantitative estimate of drug-likeness (QED) is 0.166. The van der Waals surface area contributed by atoms with Gasteiger partial charge in [-0.25, -0.2) is 0 Å². The summed E-state index contributed by atoms with van der Waals surface area (Å²) in [5.41, 5.74) is 3.79. The van der Waals surface area contributed by atoms with Crippen LogP contribution in [0.25, 0.3) is 16.8 Å². The number of nitrogens with zero attached hydrogens (tertiary/aromatic N) is 1. The Morgan fingerprint density at radius 3 is 2.74 bits per heavy atom. The number of hydrogen-bond acceptors (Lipinski definition) is 2. The number of rotatable bonds is 0. The summed E-state index contributed by atoms with van der Waals surface area (Å²) in [6.45, 7) is 0. The van der Waals surface area contributed by atoms with E-state index in [1.807, 2.05) is 18.5 Å². The average Bonchev–Trinajstić information content (AvgIpc) is 3.26. The monoisotopic (exact) mass is 552 g/mol. The van der Waals surface area contributed by atoms with Crippen molar-refractivity contribution in [3.63, 3.8) is 0 Å². The van der Waals surface area contributed by atoms with E-state index in [1.54, 1.807) is 0 Å². The molecule has 1 atom stereocenters. The van der Waals surface area contributed by atoms with Gasteiger partial charge in [0.05, 0.1) is 0 Å². The van der Waals surface area contributed by atoms with Gasteiger partial charge in [0.2, 0.25) is 0 Å². The van der Waals surface area contributed by atoms with Gasteiger partial charge in [0.15, 0.2) is 0 Å². The number of halogens is 3. The fourth-order valence-electron chi connectivity index (χ4n) is 2.97. The van der Waals surface area contributed by atoms with Crippen LogP contribution in [0.4, 0.5) is 0 Å². The average molecular weight is 555 g/mol. The molecule has 0 N–H and O–H groups in total. The number of aliphatic imine (C=N–C) groups is 1. The van der Waals surface area contributed by atoms with Gasteiger partial charge in [0.1, 0.15) is 0 Å². The Morgan fingerprint density at radius 1 is 1.19 bits per heavy atom. The first-order valence-corrected chi connectivity index (χ1v) is 15.0. The Labute approximate surface area is 193 Å². The molecule has 0 fully saturated rings. The molecule has 1 aliphatic carbocycles. The standard InChI is InChI=1S/C12H7BrN.C9H7.2ClH.H2S.Zr/c13-10-1-2-11-9(6-10)5-8-3-4-14-7-12(8)11;1-2-5-9-7-3-6-8(9)4-1;;;;/h1,3-7,12H;1-7H;2*1H;1H2;/q2*-1;;;;+2/p-3. The van der Waals surface area contributed by atoms with Crippen LogP contribution in [0.2, 0.25) is 0 Å². The van der Waals surface area contributed by atoms with Crippen LogP contribution in [0.15, 0.2) is 81.9 Å². The van der Waals surface area contributed by atoms with Crippen molar-refractivity contribution in [2.45, 2.75) is 5.92 Å². The van der Waals surface area contributed by atoms with E-state index in [4.69, 9.17) is 17.0 Å². The zero-order chi connectivity index (χ0) is 18.4. The minimum absolute atomic E-state index is 0. The molecule has 1 unspecified atom stereocenters. The topological polar surface area (TPSA) is 12.4 Å². The summed E-state index contributed by atoms with van der Waals surface area (Å²) in [6.07, 6.45) is 8.07. The molecule has 1 heterocycles. The van der Waals surface area contributed by atoms with E-state index >= 15 is 0 Å². The van der Waals surface area contributed by atoms with Crippen LogP contribution >= 0.6 is 33.0 Å². The smallest absolute Gasteiger partial charge is 0.0809 e. The van der Waals surface area contributed by atoms with E-state index < -0.39 is 20.8 Å². The molecule has 138 valence electrons. The summed E-state index contributed by atoms with van der Waals surface area (Å²) in [4.78, 5) is 4.16. The first-order valence-electron chi connectivity index (χ1n) is 7.92. The van der Waals surface area contributed by atoms with Gasteiger partial charge >= 0.3 is 37.9 Å². The van der Waals surface area contributed by atoms with Crippen molar-refractivity contribution in [3.8, 4) is 0 Å². The van der Waals surface area contributed by atoms with Crippen molar-refractivity contribution >= 4 is 69.5 Å². The predicted octanol–water partition coefficient (Wildman–Crippen LogP) is 6.99. The molecule has 5 rings (SSSR count). The summed E-state index contributed by atoms with van der Waals surface area (Å²) in [5.74, 6) is 0.322. The minimum atomic E-state index is -0.826. The SMILES string of the molecule is Brc1c[c-]c2c(c1)C=C1C=CN=CC12.[Cl][Zr][Cl].[SH-].c1ccc2[cH-]ccc2c1. The van der Waals surface area contributed by atoms with Crippen LogP contribution in [0.3, 0.4) is 0 Å². The van der Waals surface area contributed by atoms with Gasteiger partial charge in [0.25, 0.3) is 0 Å². The molecule has 2 aliphatic rings. The molecule has 0 amide bonds. The maximum Gasteiger partial charge on any atom is -0.0809 e. The van der Waals surface area contributed by atoms with Crippen molar-refractivity contribution in [2.24, 2.45) is 4.99 Å². The fourth-order valence-corrected chi connectivity index (χ4v) is 3.33. The first-order chi connectivity index (χ1) is 12.7. The Kier molecular flexibility index (Phi) is 9.69. The van der Waals surface area contributed by atoms with Crippen LogP contribution in [0.5, 0.6) is 0 Å². The van der Waals surface area contributed by atoms with Crippen LogP contribution in [-0.2, 0) is 34.3 Å². The van der Waals surface area contributed by atoms with Crippen LogP contribution in [0, 0.1) is 6.07 Å². The second-order valence-electron chi connectivity index (χ2n) is 5.65. The molecule has 0 radical (unpaired) electrons. The van der Waals surface area contributed by atoms with Crippen molar-refractivity contribution in [2.75, 3.05) is 0 Å². The molecular weight excluding hydrogens is 540 g/mol. The third-order valence-electron chi connectivity index (χ3n) is 4.10. The molecule has 0 spiro atoms. The van der Waals surface area contributed by atoms with E-state index in [0.29, 0.717) is 5.92 Å². The minimum Gasteiger partial charge on any atom is -0.813 e. The summed E-state index contributed by atoms with van der Waals surface area (Å²) in [7, 11) is 9.87. The van der Waals surface area contributed by atoms with Crippen molar-refractivity contribution < 1.29 is 20.8 Å². The fraction of sp³-hybridized carbons (Fsp3) is 0.0476. The zero-order valence-electron chi connectivity index (χ0n) is 14.1. The van der Waals surface area contributed by atoms with Crippen molar-refractivity contribution in [1.82, 2.24) is 0 Å². The van der Waals surface area contributed by atoms with Gasteiger partial charge in [-0.3, -0.25) is 4.99 Å². The third-order valence-corrected chi connectivity index (χ3v) is 4.56. The van der Waals surface area contributed by atoms with Crippen LogP contribution in [-0.4, -0.2) is 6.21 Å². The molecule has 0 bridgehead atoms. The molecule has 0 saturated carbocycles. The first kappa shape index (κ1) is 22.8. The number of allylic oxidation sites excluding steroid dienone is 2. The van der Waals surface area contributed by atoms with E-state index in [1.165, 1.54) is 27.5 Å². The molecular formula is C21H15BrCl2NSZr-3. The van der Waals surface area contributed by atoms with E-state index in [-0.39, 0.29) is 13.5 Å². The molecule has 0 aromatic heterocycles. The summed E-state index contributed by atoms with van der Waals surface area (Å²) >= 11 is 2.63. The normalized spacial score (nSPS) is 15.2.